The van der Waals surface area contributed by atoms with Crippen LogP contribution in [0, 0.1) is 5.92 Å². The van der Waals surface area contributed by atoms with Crippen LogP contribution in [0.2, 0.25) is 0 Å². The minimum atomic E-state index is 0.0291. The largest absolute Gasteiger partial charge is 0.399 e. The second kappa shape index (κ2) is 5.73. The molecule has 1 aromatic carbocycles. The standard InChI is InChI=1S/C16H25N3O/c1-11(2)19(10-12-5-6-12)15-9-13(17)7-8-14(15)16(20)18(3)4/h7-9,11-12H,5-6,10,17H2,1-4H3. The van der Waals surface area contributed by atoms with E-state index < -0.39 is 0 Å². The van der Waals surface area contributed by atoms with Crippen molar-refractivity contribution in [3.63, 3.8) is 0 Å². The highest BCUT2D eigenvalue weighted by Gasteiger charge is 2.28. The van der Waals surface area contributed by atoms with Gasteiger partial charge in [-0.1, -0.05) is 0 Å². The molecule has 0 unspecified atom stereocenters. The molecule has 4 heteroatoms. The summed E-state index contributed by atoms with van der Waals surface area (Å²) in [6, 6.07) is 5.93. The molecule has 2 rings (SSSR count). The number of anilines is 2. The molecule has 0 aromatic heterocycles. The molecule has 0 atom stereocenters. The van der Waals surface area contributed by atoms with Crippen LogP contribution in [-0.2, 0) is 0 Å². The average molecular weight is 275 g/mol. The summed E-state index contributed by atoms with van der Waals surface area (Å²) in [5.41, 5.74) is 8.34. The SMILES string of the molecule is CC(C)N(CC1CC1)c1cc(N)ccc1C(=O)N(C)C. The monoisotopic (exact) mass is 275 g/mol. The maximum atomic E-state index is 12.4. The van der Waals surface area contributed by atoms with Gasteiger partial charge in [0.1, 0.15) is 0 Å². The van der Waals surface area contributed by atoms with E-state index in [1.807, 2.05) is 12.1 Å². The van der Waals surface area contributed by atoms with E-state index in [0.29, 0.717) is 11.7 Å². The van der Waals surface area contributed by atoms with Crippen molar-refractivity contribution in [3.05, 3.63) is 23.8 Å². The van der Waals surface area contributed by atoms with Crippen LogP contribution >= 0.6 is 0 Å². The van der Waals surface area contributed by atoms with Crippen molar-refractivity contribution in [2.45, 2.75) is 32.7 Å². The van der Waals surface area contributed by atoms with Gasteiger partial charge in [0.2, 0.25) is 0 Å². The first-order valence-electron chi connectivity index (χ1n) is 7.28. The van der Waals surface area contributed by atoms with Crippen LogP contribution in [-0.4, -0.2) is 37.5 Å². The third kappa shape index (κ3) is 3.24. The van der Waals surface area contributed by atoms with Gasteiger partial charge in [-0.3, -0.25) is 4.79 Å². The number of hydrogen-bond acceptors (Lipinski definition) is 3. The van der Waals surface area contributed by atoms with Crippen molar-refractivity contribution < 1.29 is 4.79 Å². The summed E-state index contributed by atoms with van der Waals surface area (Å²) in [7, 11) is 3.56. The van der Waals surface area contributed by atoms with Crippen LogP contribution in [0.3, 0.4) is 0 Å². The second-order valence-electron chi connectivity index (χ2n) is 6.17. The summed E-state index contributed by atoms with van der Waals surface area (Å²) in [5, 5.41) is 0. The number of carbonyl (C=O) groups excluding carboxylic acids is 1. The van der Waals surface area contributed by atoms with Crippen molar-refractivity contribution in [1.29, 1.82) is 0 Å². The van der Waals surface area contributed by atoms with Crippen molar-refractivity contribution in [2.24, 2.45) is 5.92 Å². The highest BCUT2D eigenvalue weighted by atomic mass is 16.2. The third-order valence-corrected chi connectivity index (χ3v) is 3.74. The van der Waals surface area contributed by atoms with Gasteiger partial charge < -0.3 is 15.5 Å². The molecule has 0 spiro atoms. The molecule has 1 aromatic rings. The molecule has 1 saturated carbocycles. The molecular formula is C16H25N3O. The topological polar surface area (TPSA) is 49.6 Å². The highest BCUT2D eigenvalue weighted by molar-refractivity contribution is 6.00. The first-order chi connectivity index (χ1) is 9.40. The summed E-state index contributed by atoms with van der Waals surface area (Å²) in [6.07, 6.45) is 2.59. The molecule has 110 valence electrons. The highest BCUT2D eigenvalue weighted by Crippen LogP contribution is 2.34. The number of nitrogens with zero attached hydrogens (tertiary/aromatic N) is 2. The van der Waals surface area contributed by atoms with Crippen LogP contribution in [0.25, 0.3) is 0 Å². The van der Waals surface area contributed by atoms with Gasteiger partial charge >= 0.3 is 0 Å². The Morgan fingerprint density at radius 2 is 2.00 bits per heavy atom. The molecule has 0 bridgehead atoms. The molecule has 2 N–H and O–H groups in total. The Balaban J connectivity index is 2.39. The normalized spacial score (nSPS) is 14.4. The Morgan fingerprint density at radius 1 is 1.35 bits per heavy atom. The Bertz CT molecular complexity index is 492. The number of amides is 1. The summed E-state index contributed by atoms with van der Waals surface area (Å²) in [5.74, 6) is 0.794. The van der Waals surface area contributed by atoms with Crippen LogP contribution in [0.5, 0.6) is 0 Å². The number of nitrogens with two attached hydrogens (primary N) is 1. The van der Waals surface area contributed by atoms with Crippen LogP contribution in [0.15, 0.2) is 18.2 Å². The third-order valence-electron chi connectivity index (χ3n) is 3.74. The van der Waals surface area contributed by atoms with E-state index in [1.54, 1.807) is 25.1 Å². The van der Waals surface area contributed by atoms with E-state index in [9.17, 15) is 4.79 Å². The second-order valence-corrected chi connectivity index (χ2v) is 6.17. The summed E-state index contributed by atoms with van der Waals surface area (Å²) in [4.78, 5) is 16.3. The molecule has 1 fully saturated rings. The lowest BCUT2D eigenvalue weighted by Gasteiger charge is -2.31. The van der Waals surface area contributed by atoms with Gasteiger partial charge in [0.25, 0.3) is 5.91 Å². The average Bonchev–Trinajstić information content (AvgIpc) is 3.18. The molecule has 4 nitrogen and oxygen atoms in total. The Kier molecular flexibility index (Phi) is 4.21. The summed E-state index contributed by atoms with van der Waals surface area (Å²) in [6.45, 7) is 5.33. The quantitative estimate of drug-likeness (QED) is 0.840. The Hall–Kier alpha value is -1.71. The van der Waals surface area contributed by atoms with Crippen molar-refractivity contribution in [1.82, 2.24) is 4.90 Å². The zero-order chi connectivity index (χ0) is 14.9. The number of benzene rings is 1. The van der Waals surface area contributed by atoms with E-state index >= 15 is 0 Å². The molecule has 20 heavy (non-hydrogen) atoms. The number of hydrogen-bond donors (Lipinski definition) is 1. The van der Waals surface area contributed by atoms with Crippen LogP contribution < -0.4 is 10.6 Å². The minimum absolute atomic E-state index is 0.0291. The molecule has 1 aliphatic carbocycles. The van der Waals surface area contributed by atoms with Crippen LogP contribution in [0.1, 0.15) is 37.0 Å². The number of rotatable bonds is 5. The lowest BCUT2D eigenvalue weighted by atomic mass is 10.1. The van der Waals surface area contributed by atoms with E-state index in [-0.39, 0.29) is 5.91 Å². The predicted molar refractivity (Wildman–Crippen MR) is 84.1 cm³/mol. The predicted octanol–water partition coefficient (Wildman–Crippen LogP) is 2.60. The van der Waals surface area contributed by atoms with Gasteiger partial charge in [0.15, 0.2) is 0 Å². The fourth-order valence-electron chi connectivity index (χ4n) is 2.37. The molecule has 0 radical (unpaired) electrons. The molecule has 0 aliphatic heterocycles. The van der Waals surface area contributed by atoms with E-state index in [2.05, 4.69) is 18.7 Å². The van der Waals surface area contributed by atoms with Crippen LogP contribution in [0.4, 0.5) is 11.4 Å². The van der Waals surface area contributed by atoms with Gasteiger partial charge in [-0.25, -0.2) is 0 Å². The van der Waals surface area contributed by atoms with Crippen molar-refractivity contribution in [2.75, 3.05) is 31.3 Å². The van der Waals surface area contributed by atoms with E-state index in [4.69, 9.17) is 5.73 Å². The van der Waals surface area contributed by atoms with Gasteiger partial charge in [0.05, 0.1) is 11.3 Å². The lowest BCUT2D eigenvalue weighted by Crippen LogP contribution is -2.35. The van der Waals surface area contributed by atoms with Gasteiger partial charge in [0, 0.05) is 32.4 Å². The van der Waals surface area contributed by atoms with Gasteiger partial charge in [-0.2, -0.15) is 0 Å². The van der Waals surface area contributed by atoms with Gasteiger partial charge in [-0.05, 0) is 50.8 Å². The van der Waals surface area contributed by atoms with E-state index in [0.717, 1.165) is 23.7 Å². The molecule has 1 aliphatic rings. The number of carbonyl (C=O) groups is 1. The van der Waals surface area contributed by atoms with Gasteiger partial charge in [-0.15, -0.1) is 0 Å². The number of nitrogen functional groups attached to an aromatic ring is 1. The summed E-state index contributed by atoms with van der Waals surface area (Å²) >= 11 is 0. The fourth-order valence-corrected chi connectivity index (χ4v) is 2.37. The molecule has 0 heterocycles. The Labute approximate surface area is 121 Å². The van der Waals surface area contributed by atoms with E-state index in [1.165, 1.54) is 12.8 Å². The lowest BCUT2D eigenvalue weighted by molar-refractivity contribution is 0.0828. The zero-order valence-corrected chi connectivity index (χ0v) is 12.9. The Morgan fingerprint density at radius 3 is 2.50 bits per heavy atom. The molecule has 0 saturated heterocycles. The first kappa shape index (κ1) is 14.7. The van der Waals surface area contributed by atoms with Crippen molar-refractivity contribution in [3.8, 4) is 0 Å². The minimum Gasteiger partial charge on any atom is -0.399 e. The molecule has 1 amide bonds. The smallest absolute Gasteiger partial charge is 0.255 e. The maximum Gasteiger partial charge on any atom is 0.255 e. The summed E-state index contributed by atoms with van der Waals surface area (Å²) < 4.78 is 0. The zero-order valence-electron chi connectivity index (χ0n) is 12.9. The maximum absolute atomic E-state index is 12.4. The fraction of sp³-hybridized carbons (Fsp3) is 0.562. The molecular weight excluding hydrogens is 250 g/mol. The first-order valence-corrected chi connectivity index (χ1v) is 7.28. The van der Waals surface area contributed by atoms with Crippen molar-refractivity contribution >= 4 is 17.3 Å².